The van der Waals surface area contributed by atoms with Crippen LogP contribution in [0.1, 0.15) is 5.56 Å². The summed E-state index contributed by atoms with van der Waals surface area (Å²) in [5.41, 5.74) is 1.37. The van der Waals surface area contributed by atoms with Crippen molar-refractivity contribution in [3.8, 4) is 0 Å². The molecule has 0 atom stereocenters. The van der Waals surface area contributed by atoms with Crippen LogP contribution in [0.2, 0.25) is 10.0 Å². The second-order valence-corrected chi connectivity index (χ2v) is 4.64. The van der Waals surface area contributed by atoms with E-state index >= 15 is 0 Å². The molecule has 1 N–H and O–H groups in total. The molecule has 2 aromatic rings. The number of hydrogen-bond donors (Lipinski definition) is 1. The summed E-state index contributed by atoms with van der Waals surface area (Å²) in [6.45, 7) is 0. The Balaban J connectivity index is 2.08. The molecule has 0 bridgehead atoms. The monoisotopic (exact) mass is 291 g/mol. The molecule has 0 aliphatic carbocycles. The molecule has 2 nitrogen and oxygen atoms in total. The van der Waals surface area contributed by atoms with Gasteiger partial charge in [0.1, 0.15) is 0 Å². The van der Waals surface area contributed by atoms with E-state index in [-0.39, 0.29) is 5.91 Å². The van der Waals surface area contributed by atoms with Gasteiger partial charge in [-0.1, -0.05) is 59.6 Å². The molecule has 0 spiro atoms. The molecule has 0 aromatic heterocycles. The van der Waals surface area contributed by atoms with Crippen LogP contribution < -0.4 is 5.32 Å². The molecule has 2 aromatic carbocycles. The standard InChI is InChI=1S/C15H11Cl2NO/c16-12-7-4-8-13(17)15(12)18-14(19)10-9-11-5-2-1-3-6-11/h1-10H,(H,18,19). The molecule has 2 rings (SSSR count). The minimum Gasteiger partial charge on any atom is -0.320 e. The summed E-state index contributed by atoms with van der Waals surface area (Å²) in [5, 5.41) is 3.48. The highest BCUT2D eigenvalue weighted by molar-refractivity contribution is 6.39. The number of carbonyl (C=O) groups is 1. The summed E-state index contributed by atoms with van der Waals surface area (Å²) in [6, 6.07) is 14.6. The molecular weight excluding hydrogens is 281 g/mol. The summed E-state index contributed by atoms with van der Waals surface area (Å²) >= 11 is 11.9. The fourth-order valence-electron chi connectivity index (χ4n) is 1.52. The summed E-state index contributed by atoms with van der Waals surface area (Å²) in [5.74, 6) is -0.279. The van der Waals surface area contributed by atoms with E-state index in [2.05, 4.69) is 5.32 Å². The van der Waals surface area contributed by atoms with E-state index in [0.29, 0.717) is 15.7 Å². The number of hydrogen-bond acceptors (Lipinski definition) is 1. The van der Waals surface area contributed by atoms with Crippen LogP contribution in [0, 0.1) is 0 Å². The van der Waals surface area contributed by atoms with Gasteiger partial charge in [0.25, 0.3) is 0 Å². The predicted octanol–water partition coefficient (Wildman–Crippen LogP) is 4.65. The number of amides is 1. The molecule has 96 valence electrons. The third kappa shape index (κ3) is 3.85. The first-order chi connectivity index (χ1) is 9.16. The first kappa shape index (κ1) is 13.7. The van der Waals surface area contributed by atoms with Gasteiger partial charge in [-0.2, -0.15) is 0 Å². The second kappa shape index (κ2) is 6.41. The van der Waals surface area contributed by atoms with Gasteiger partial charge in [0.2, 0.25) is 5.91 Å². The highest BCUT2D eigenvalue weighted by Gasteiger charge is 2.07. The van der Waals surface area contributed by atoms with Crippen molar-refractivity contribution in [3.05, 3.63) is 70.2 Å². The zero-order chi connectivity index (χ0) is 13.7. The lowest BCUT2D eigenvalue weighted by Gasteiger charge is -2.06. The van der Waals surface area contributed by atoms with Gasteiger partial charge in [-0.3, -0.25) is 4.79 Å². The lowest BCUT2D eigenvalue weighted by molar-refractivity contribution is -0.111. The molecular formula is C15H11Cl2NO. The first-order valence-electron chi connectivity index (χ1n) is 5.65. The van der Waals surface area contributed by atoms with E-state index in [4.69, 9.17) is 23.2 Å². The molecule has 0 radical (unpaired) electrons. The minimum atomic E-state index is -0.279. The smallest absolute Gasteiger partial charge is 0.248 e. The Morgan fingerprint density at radius 2 is 1.58 bits per heavy atom. The van der Waals surface area contributed by atoms with Gasteiger partial charge >= 0.3 is 0 Å². The van der Waals surface area contributed by atoms with Crippen LogP contribution in [-0.4, -0.2) is 5.91 Å². The number of rotatable bonds is 3. The minimum absolute atomic E-state index is 0.279. The van der Waals surface area contributed by atoms with Crippen LogP contribution >= 0.6 is 23.2 Å². The third-order valence-electron chi connectivity index (χ3n) is 2.44. The molecule has 0 aliphatic rings. The van der Waals surface area contributed by atoms with Crippen LogP contribution in [-0.2, 0) is 4.79 Å². The number of nitrogens with one attached hydrogen (secondary N) is 1. The van der Waals surface area contributed by atoms with Crippen molar-refractivity contribution in [2.45, 2.75) is 0 Å². The summed E-state index contributed by atoms with van der Waals surface area (Å²) in [7, 11) is 0. The van der Waals surface area contributed by atoms with Crippen molar-refractivity contribution in [3.63, 3.8) is 0 Å². The molecule has 0 heterocycles. The molecule has 0 saturated heterocycles. The lowest BCUT2D eigenvalue weighted by atomic mass is 10.2. The maximum Gasteiger partial charge on any atom is 0.248 e. The van der Waals surface area contributed by atoms with Gasteiger partial charge in [0.15, 0.2) is 0 Å². The van der Waals surface area contributed by atoms with Crippen molar-refractivity contribution < 1.29 is 4.79 Å². The Labute approximate surface area is 121 Å². The molecule has 0 saturated carbocycles. The fraction of sp³-hybridized carbons (Fsp3) is 0. The molecule has 0 unspecified atom stereocenters. The SMILES string of the molecule is O=C(C=Cc1ccccc1)Nc1c(Cl)cccc1Cl. The Morgan fingerprint density at radius 1 is 0.947 bits per heavy atom. The van der Waals surface area contributed by atoms with Crippen LogP contribution in [0.3, 0.4) is 0 Å². The Morgan fingerprint density at radius 3 is 2.21 bits per heavy atom. The van der Waals surface area contributed by atoms with Crippen molar-refractivity contribution in [1.82, 2.24) is 0 Å². The topological polar surface area (TPSA) is 29.1 Å². The molecule has 0 aliphatic heterocycles. The molecule has 4 heteroatoms. The number of anilines is 1. The van der Waals surface area contributed by atoms with Crippen molar-refractivity contribution >= 4 is 40.9 Å². The van der Waals surface area contributed by atoms with E-state index < -0.39 is 0 Å². The van der Waals surface area contributed by atoms with Crippen molar-refractivity contribution in [1.29, 1.82) is 0 Å². The summed E-state index contributed by atoms with van der Waals surface area (Å²) in [6.07, 6.45) is 3.16. The van der Waals surface area contributed by atoms with E-state index in [0.717, 1.165) is 5.56 Å². The zero-order valence-corrected chi connectivity index (χ0v) is 11.4. The number of carbonyl (C=O) groups excluding carboxylic acids is 1. The van der Waals surface area contributed by atoms with Gasteiger partial charge in [0, 0.05) is 6.08 Å². The maximum absolute atomic E-state index is 11.8. The van der Waals surface area contributed by atoms with E-state index in [1.54, 1.807) is 24.3 Å². The van der Waals surface area contributed by atoms with Crippen LogP contribution in [0.5, 0.6) is 0 Å². The lowest BCUT2D eigenvalue weighted by Crippen LogP contribution is -2.08. The van der Waals surface area contributed by atoms with E-state index in [1.807, 2.05) is 30.3 Å². The van der Waals surface area contributed by atoms with Gasteiger partial charge in [0.05, 0.1) is 15.7 Å². The molecule has 1 amide bonds. The summed E-state index contributed by atoms with van der Waals surface area (Å²) < 4.78 is 0. The van der Waals surface area contributed by atoms with E-state index in [1.165, 1.54) is 6.08 Å². The average Bonchev–Trinajstić information content (AvgIpc) is 2.42. The normalized spacial score (nSPS) is 10.6. The van der Waals surface area contributed by atoms with Crippen LogP contribution in [0.25, 0.3) is 6.08 Å². The van der Waals surface area contributed by atoms with Gasteiger partial charge in [-0.05, 0) is 23.8 Å². The molecule has 0 fully saturated rings. The van der Waals surface area contributed by atoms with E-state index in [9.17, 15) is 4.79 Å². The fourth-order valence-corrected chi connectivity index (χ4v) is 2.01. The summed E-state index contributed by atoms with van der Waals surface area (Å²) in [4.78, 5) is 11.8. The van der Waals surface area contributed by atoms with Crippen LogP contribution in [0.4, 0.5) is 5.69 Å². The van der Waals surface area contributed by atoms with Crippen molar-refractivity contribution in [2.75, 3.05) is 5.32 Å². The quantitative estimate of drug-likeness (QED) is 0.820. The highest BCUT2D eigenvalue weighted by atomic mass is 35.5. The first-order valence-corrected chi connectivity index (χ1v) is 6.40. The maximum atomic E-state index is 11.8. The average molecular weight is 292 g/mol. The second-order valence-electron chi connectivity index (χ2n) is 3.83. The van der Waals surface area contributed by atoms with Gasteiger partial charge in [-0.25, -0.2) is 0 Å². The van der Waals surface area contributed by atoms with Gasteiger partial charge < -0.3 is 5.32 Å². The zero-order valence-electron chi connectivity index (χ0n) is 9.94. The third-order valence-corrected chi connectivity index (χ3v) is 3.07. The highest BCUT2D eigenvalue weighted by Crippen LogP contribution is 2.29. The Hall–Kier alpha value is -1.77. The molecule has 19 heavy (non-hydrogen) atoms. The Kier molecular flexibility index (Phi) is 4.61. The largest absolute Gasteiger partial charge is 0.320 e. The van der Waals surface area contributed by atoms with Gasteiger partial charge in [-0.15, -0.1) is 0 Å². The Bertz CT molecular complexity index is 589. The number of benzene rings is 2. The predicted molar refractivity (Wildman–Crippen MR) is 80.6 cm³/mol. The number of para-hydroxylation sites is 1. The van der Waals surface area contributed by atoms with Crippen LogP contribution in [0.15, 0.2) is 54.6 Å². The number of halogens is 2. The van der Waals surface area contributed by atoms with Crippen molar-refractivity contribution in [2.24, 2.45) is 0 Å².